The zero-order chi connectivity index (χ0) is 14.0. The maximum atomic E-state index is 13.6. The highest BCUT2D eigenvalue weighted by atomic mass is 19.3. The highest BCUT2D eigenvalue weighted by Gasteiger charge is 2.30. The van der Waals surface area contributed by atoms with Crippen LogP contribution in [0.2, 0.25) is 0 Å². The van der Waals surface area contributed by atoms with Gasteiger partial charge in [0, 0.05) is 13.1 Å². The molecule has 0 bridgehead atoms. The quantitative estimate of drug-likeness (QED) is 0.789. The first-order chi connectivity index (χ1) is 9.00. The summed E-state index contributed by atoms with van der Waals surface area (Å²) in [5.41, 5.74) is 0.117. The summed E-state index contributed by atoms with van der Waals surface area (Å²) in [6.07, 6.45) is -1.61. The summed E-state index contributed by atoms with van der Waals surface area (Å²) in [5.74, 6) is -1.21. The molecule has 0 aromatic carbocycles. The number of ether oxygens (including phenoxy) is 1. The number of hydrogen-bond donors (Lipinski definition) is 0. The van der Waals surface area contributed by atoms with E-state index >= 15 is 0 Å². The molecule has 1 saturated heterocycles. The molecule has 1 atom stereocenters. The van der Waals surface area contributed by atoms with Gasteiger partial charge in [-0.15, -0.1) is 0 Å². The van der Waals surface area contributed by atoms with Crippen LogP contribution >= 0.6 is 0 Å². The first kappa shape index (κ1) is 13.8. The number of carbonyl (C=O) groups excluding carboxylic acids is 1. The van der Waals surface area contributed by atoms with Crippen molar-refractivity contribution in [3.05, 3.63) is 23.8 Å². The Morgan fingerprint density at radius 2 is 2.26 bits per heavy atom. The number of pyridine rings is 1. The molecule has 0 spiro atoms. The van der Waals surface area contributed by atoms with Gasteiger partial charge in [0.2, 0.25) is 0 Å². The van der Waals surface area contributed by atoms with Crippen molar-refractivity contribution in [3.63, 3.8) is 0 Å². The standard InChI is InChI=1S/C12H13F3N2O2/c1-7(18)11-8(13)4-16-5-9(11)17-2-3-19-10(6-17)12(14)15/h4-5,10,12H,2-3,6H2,1H3. The van der Waals surface area contributed by atoms with E-state index in [1.807, 2.05) is 0 Å². The number of morpholine rings is 1. The van der Waals surface area contributed by atoms with E-state index in [4.69, 9.17) is 4.74 Å². The van der Waals surface area contributed by atoms with Gasteiger partial charge >= 0.3 is 0 Å². The molecule has 19 heavy (non-hydrogen) atoms. The van der Waals surface area contributed by atoms with Crippen molar-refractivity contribution in [1.29, 1.82) is 0 Å². The summed E-state index contributed by atoms with van der Waals surface area (Å²) in [6.45, 7) is 1.55. The van der Waals surface area contributed by atoms with Gasteiger partial charge < -0.3 is 9.64 Å². The second kappa shape index (κ2) is 5.56. The van der Waals surface area contributed by atoms with Gasteiger partial charge in [-0.3, -0.25) is 9.78 Å². The van der Waals surface area contributed by atoms with Gasteiger partial charge in [-0.25, -0.2) is 13.2 Å². The van der Waals surface area contributed by atoms with Crippen LogP contribution in [0.15, 0.2) is 12.4 Å². The largest absolute Gasteiger partial charge is 0.369 e. The van der Waals surface area contributed by atoms with Crippen molar-refractivity contribution in [3.8, 4) is 0 Å². The zero-order valence-corrected chi connectivity index (χ0v) is 10.3. The molecule has 0 amide bonds. The van der Waals surface area contributed by atoms with Crippen molar-refractivity contribution < 1.29 is 22.7 Å². The van der Waals surface area contributed by atoms with E-state index in [0.29, 0.717) is 6.54 Å². The Balaban J connectivity index is 2.31. The SMILES string of the molecule is CC(=O)c1c(F)cncc1N1CCOC(C(F)F)C1. The van der Waals surface area contributed by atoms with E-state index in [1.165, 1.54) is 18.0 Å². The van der Waals surface area contributed by atoms with Crippen molar-refractivity contribution >= 4 is 11.5 Å². The molecule has 1 aliphatic rings. The monoisotopic (exact) mass is 274 g/mol. The molecule has 2 heterocycles. The Hall–Kier alpha value is -1.63. The number of halogens is 3. The molecule has 7 heteroatoms. The third-order valence-electron chi connectivity index (χ3n) is 2.95. The summed E-state index contributed by atoms with van der Waals surface area (Å²) in [7, 11) is 0. The lowest BCUT2D eigenvalue weighted by Crippen LogP contribution is -2.46. The number of hydrogen-bond acceptors (Lipinski definition) is 4. The van der Waals surface area contributed by atoms with Crippen LogP contribution in [-0.4, -0.2) is 43.0 Å². The van der Waals surface area contributed by atoms with Gasteiger partial charge in [0.1, 0.15) is 6.10 Å². The number of anilines is 1. The predicted octanol–water partition coefficient (Wildman–Crippen LogP) is 1.89. The Labute approximate surface area is 108 Å². The van der Waals surface area contributed by atoms with Gasteiger partial charge in [-0.05, 0) is 6.92 Å². The van der Waals surface area contributed by atoms with Crippen molar-refractivity contribution in [2.45, 2.75) is 19.5 Å². The van der Waals surface area contributed by atoms with E-state index < -0.39 is 24.1 Å². The maximum Gasteiger partial charge on any atom is 0.266 e. The second-order valence-electron chi connectivity index (χ2n) is 4.26. The highest BCUT2D eigenvalue weighted by Crippen LogP contribution is 2.25. The number of alkyl halides is 2. The van der Waals surface area contributed by atoms with Crippen LogP contribution < -0.4 is 4.90 Å². The second-order valence-corrected chi connectivity index (χ2v) is 4.26. The van der Waals surface area contributed by atoms with E-state index in [0.717, 1.165) is 6.20 Å². The first-order valence-electron chi connectivity index (χ1n) is 5.80. The Bertz CT molecular complexity index is 482. The number of nitrogens with zero attached hydrogens (tertiary/aromatic N) is 2. The lowest BCUT2D eigenvalue weighted by molar-refractivity contribution is -0.0614. The fourth-order valence-electron chi connectivity index (χ4n) is 2.06. The van der Waals surface area contributed by atoms with E-state index in [-0.39, 0.29) is 24.4 Å². The van der Waals surface area contributed by atoms with Gasteiger partial charge in [-0.1, -0.05) is 0 Å². The summed E-state index contributed by atoms with van der Waals surface area (Å²) in [6, 6.07) is 0. The molecular weight excluding hydrogens is 261 g/mol. The topological polar surface area (TPSA) is 42.4 Å². The number of ketones is 1. The fourth-order valence-corrected chi connectivity index (χ4v) is 2.06. The van der Waals surface area contributed by atoms with Gasteiger partial charge in [0.25, 0.3) is 6.43 Å². The molecule has 0 saturated carbocycles. The number of aromatic nitrogens is 1. The smallest absolute Gasteiger partial charge is 0.266 e. The molecule has 0 radical (unpaired) electrons. The lowest BCUT2D eigenvalue weighted by atomic mass is 10.1. The summed E-state index contributed by atoms with van der Waals surface area (Å²) in [5, 5.41) is 0. The first-order valence-corrected chi connectivity index (χ1v) is 5.80. The third kappa shape index (κ3) is 2.86. The minimum Gasteiger partial charge on any atom is -0.369 e. The Morgan fingerprint density at radius 3 is 2.89 bits per heavy atom. The van der Waals surface area contributed by atoms with Crippen molar-refractivity contribution in [1.82, 2.24) is 4.98 Å². The van der Waals surface area contributed by atoms with Crippen LogP contribution in [0.1, 0.15) is 17.3 Å². The molecule has 1 unspecified atom stereocenters. The Morgan fingerprint density at radius 1 is 1.53 bits per heavy atom. The number of carbonyl (C=O) groups is 1. The molecule has 1 aromatic rings. The molecule has 1 aliphatic heterocycles. The van der Waals surface area contributed by atoms with Crippen LogP contribution in [0.4, 0.5) is 18.9 Å². The summed E-state index contributed by atoms with van der Waals surface area (Å²) < 4.78 is 43.8. The van der Waals surface area contributed by atoms with Crippen molar-refractivity contribution in [2.75, 3.05) is 24.6 Å². The number of rotatable bonds is 3. The van der Waals surface area contributed by atoms with E-state index in [9.17, 15) is 18.0 Å². The molecule has 0 N–H and O–H groups in total. The average Bonchev–Trinajstić information content (AvgIpc) is 2.38. The molecule has 0 aliphatic carbocycles. The third-order valence-corrected chi connectivity index (χ3v) is 2.95. The molecule has 4 nitrogen and oxygen atoms in total. The van der Waals surface area contributed by atoms with Crippen LogP contribution in [0.25, 0.3) is 0 Å². The zero-order valence-electron chi connectivity index (χ0n) is 10.3. The minimum atomic E-state index is -2.62. The molecule has 2 rings (SSSR count). The molecular formula is C12H13F3N2O2. The summed E-state index contributed by atoms with van der Waals surface area (Å²) >= 11 is 0. The molecule has 104 valence electrons. The Kier molecular flexibility index (Phi) is 4.04. The average molecular weight is 274 g/mol. The number of Topliss-reactive ketones (excluding diaryl/α,β-unsaturated/α-hetero) is 1. The van der Waals surface area contributed by atoms with E-state index in [2.05, 4.69) is 4.98 Å². The van der Waals surface area contributed by atoms with Gasteiger partial charge in [-0.2, -0.15) is 0 Å². The van der Waals surface area contributed by atoms with Crippen LogP contribution in [0, 0.1) is 5.82 Å². The highest BCUT2D eigenvalue weighted by molar-refractivity contribution is 5.99. The predicted molar refractivity (Wildman–Crippen MR) is 62.2 cm³/mol. The van der Waals surface area contributed by atoms with Gasteiger partial charge in [0.05, 0.1) is 30.3 Å². The normalized spacial score (nSPS) is 19.8. The molecule has 1 aromatic heterocycles. The van der Waals surface area contributed by atoms with Gasteiger partial charge in [0.15, 0.2) is 11.6 Å². The van der Waals surface area contributed by atoms with Crippen LogP contribution in [0.3, 0.4) is 0 Å². The minimum absolute atomic E-state index is 0.0942. The summed E-state index contributed by atoms with van der Waals surface area (Å²) in [4.78, 5) is 16.7. The van der Waals surface area contributed by atoms with E-state index in [1.54, 1.807) is 0 Å². The van der Waals surface area contributed by atoms with Crippen LogP contribution in [0.5, 0.6) is 0 Å². The van der Waals surface area contributed by atoms with Crippen molar-refractivity contribution in [2.24, 2.45) is 0 Å². The molecule has 1 fully saturated rings. The lowest BCUT2D eigenvalue weighted by Gasteiger charge is -2.34. The maximum absolute atomic E-state index is 13.6. The fraction of sp³-hybridized carbons (Fsp3) is 0.500. The van der Waals surface area contributed by atoms with Crippen LogP contribution in [-0.2, 0) is 4.74 Å².